The van der Waals surface area contributed by atoms with Crippen molar-refractivity contribution in [1.82, 2.24) is 5.32 Å². The number of hydrogen-bond donors (Lipinski definition) is 2. The van der Waals surface area contributed by atoms with Gasteiger partial charge in [0.2, 0.25) is 0 Å². The molecule has 5 nitrogen and oxygen atoms in total. The molecule has 1 heterocycles. The van der Waals surface area contributed by atoms with Crippen molar-refractivity contribution in [2.45, 2.75) is 32.4 Å². The highest BCUT2D eigenvalue weighted by molar-refractivity contribution is 14.0. The highest BCUT2D eigenvalue weighted by Crippen LogP contribution is 2.29. The van der Waals surface area contributed by atoms with Gasteiger partial charge in [-0.1, -0.05) is 18.2 Å². The highest BCUT2D eigenvalue weighted by Gasteiger charge is 2.22. The van der Waals surface area contributed by atoms with E-state index in [9.17, 15) is 0 Å². The number of para-hydroxylation sites is 1. The van der Waals surface area contributed by atoms with Crippen molar-refractivity contribution in [1.29, 1.82) is 0 Å². The standard InChI is InChI=1S/C16H26N4O.HI/c1-12(11-21-3)19-16(17)18-10-13(2)20-9-8-14-6-4-5-7-15(14)20;/h4-7,12-13H,8-11H2,1-3H3,(H3,17,18,19);1H. The molecule has 6 heteroatoms. The molecule has 1 aliphatic rings. The Hall–Kier alpha value is -1.02. The lowest BCUT2D eigenvalue weighted by Crippen LogP contribution is -2.42. The summed E-state index contributed by atoms with van der Waals surface area (Å²) in [4.78, 5) is 6.86. The lowest BCUT2D eigenvalue weighted by molar-refractivity contribution is 0.179. The second kappa shape index (κ2) is 9.19. The molecule has 124 valence electrons. The minimum Gasteiger partial charge on any atom is -0.383 e. The van der Waals surface area contributed by atoms with E-state index in [0.29, 0.717) is 25.2 Å². The Morgan fingerprint density at radius 2 is 2.14 bits per heavy atom. The largest absolute Gasteiger partial charge is 0.383 e. The molecule has 0 saturated carbocycles. The van der Waals surface area contributed by atoms with Crippen LogP contribution in [0.15, 0.2) is 29.3 Å². The molecular weight excluding hydrogens is 391 g/mol. The van der Waals surface area contributed by atoms with Crippen LogP contribution in [0.4, 0.5) is 5.69 Å². The van der Waals surface area contributed by atoms with Crippen LogP contribution in [0, 0.1) is 0 Å². The van der Waals surface area contributed by atoms with Gasteiger partial charge in [0.05, 0.1) is 13.2 Å². The summed E-state index contributed by atoms with van der Waals surface area (Å²) in [6, 6.07) is 9.09. The Labute approximate surface area is 150 Å². The number of ether oxygens (including phenoxy) is 1. The Bertz CT molecular complexity index is 495. The summed E-state index contributed by atoms with van der Waals surface area (Å²) in [6.45, 7) is 6.57. The average molecular weight is 418 g/mol. The van der Waals surface area contributed by atoms with Gasteiger partial charge in [-0.15, -0.1) is 24.0 Å². The third-order valence-corrected chi connectivity index (χ3v) is 3.79. The monoisotopic (exact) mass is 418 g/mol. The predicted molar refractivity (Wildman–Crippen MR) is 103 cm³/mol. The maximum Gasteiger partial charge on any atom is 0.188 e. The lowest BCUT2D eigenvalue weighted by atomic mass is 10.2. The Morgan fingerprint density at radius 1 is 1.41 bits per heavy atom. The first kappa shape index (κ1) is 19.0. The summed E-state index contributed by atoms with van der Waals surface area (Å²) in [5.41, 5.74) is 8.67. The number of anilines is 1. The topological polar surface area (TPSA) is 62.9 Å². The predicted octanol–water partition coefficient (Wildman–Crippen LogP) is 1.99. The van der Waals surface area contributed by atoms with Crippen molar-refractivity contribution >= 4 is 35.6 Å². The first-order valence-electron chi connectivity index (χ1n) is 7.51. The van der Waals surface area contributed by atoms with Crippen LogP contribution in [-0.2, 0) is 11.2 Å². The van der Waals surface area contributed by atoms with Gasteiger partial charge in [-0.3, -0.25) is 4.99 Å². The van der Waals surface area contributed by atoms with Crippen molar-refractivity contribution in [3.63, 3.8) is 0 Å². The van der Waals surface area contributed by atoms with E-state index in [4.69, 9.17) is 10.5 Å². The van der Waals surface area contributed by atoms with E-state index < -0.39 is 0 Å². The smallest absolute Gasteiger partial charge is 0.188 e. The van der Waals surface area contributed by atoms with Crippen molar-refractivity contribution in [2.24, 2.45) is 10.7 Å². The van der Waals surface area contributed by atoms with Gasteiger partial charge in [0.15, 0.2) is 5.96 Å². The third kappa shape index (κ3) is 5.01. The number of nitrogens with zero attached hydrogens (tertiary/aromatic N) is 2. The van der Waals surface area contributed by atoms with Crippen molar-refractivity contribution in [2.75, 3.05) is 31.7 Å². The third-order valence-electron chi connectivity index (χ3n) is 3.79. The molecule has 2 rings (SSSR count). The maximum atomic E-state index is 5.91. The molecule has 0 spiro atoms. The molecule has 0 fully saturated rings. The van der Waals surface area contributed by atoms with Crippen molar-refractivity contribution < 1.29 is 4.74 Å². The molecule has 2 atom stereocenters. The van der Waals surface area contributed by atoms with Crippen LogP contribution in [0.3, 0.4) is 0 Å². The number of nitrogens with one attached hydrogen (secondary N) is 1. The molecule has 0 aromatic heterocycles. The van der Waals surface area contributed by atoms with E-state index in [1.54, 1.807) is 7.11 Å². The zero-order valence-electron chi connectivity index (χ0n) is 13.6. The van der Waals surface area contributed by atoms with Crippen molar-refractivity contribution in [3.8, 4) is 0 Å². The Balaban J connectivity index is 0.00000242. The van der Waals surface area contributed by atoms with Crippen LogP contribution in [0.5, 0.6) is 0 Å². The number of rotatable bonds is 6. The molecule has 0 amide bonds. The van der Waals surface area contributed by atoms with Gasteiger partial charge in [-0.2, -0.15) is 0 Å². The molecule has 2 unspecified atom stereocenters. The average Bonchev–Trinajstić information content (AvgIpc) is 2.89. The molecule has 0 bridgehead atoms. The van der Waals surface area contributed by atoms with Gasteiger partial charge in [0, 0.05) is 31.4 Å². The number of fused-ring (bicyclic) bond motifs is 1. The van der Waals surface area contributed by atoms with Crippen molar-refractivity contribution in [3.05, 3.63) is 29.8 Å². The van der Waals surface area contributed by atoms with E-state index in [0.717, 1.165) is 13.0 Å². The van der Waals surface area contributed by atoms with Gasteiger partial charge in [-0.25, -0.2) is 0 Å². The molecule has 1 aliphatic heterocycles. The minimum absolute atomic E-state index is 0. The first-order chi connectivity index (χ1) is 10.1. The van der Waals surface area contributed by atoms with Gasteiger partial charge >= 0.3 is 0 Å². The number of hydrogen-bond acceptors (Lipinski definition) is 3. The summed E-state index contributed by atoms with van der Waals surface area (Å²) in [7, 11) is 1.68. The minimum atomic E-state index is 0. The molecular formula is C16H27IN4O. The summed E-state index contributed by atoms with van der Waals surface area (Å²) in [6.07, 6.45) is 1.11. The molecule has 22 heavy (non-hydrogen) atoms. The molecule has 1 aromatic rings. The number of aliphatic imine (C=N–C) groups is 1. The fourth-order valence-electron chi connectivity index (χ4n) is 2.74. The van der Waals surface area contributed by atoms with E-state index in [1.165, 1.54) is 11.3 Å². The fraction of sp³-hybridized carbons (Fsp3) is 0.562. The van der Waals surface area contributed by atoms with E-state index >= 15 is 0 Å². The summed E-state index contributed by atoms with van der Waals surface area (Å²) in [5, 5.41) is 3.13. The zero-order chi connectivity index (χ0) is 15.2. The quantitative estimate of drug-likeness (QED) is 0.422. The lowest BCUT2D eigenvalue weighted by Gasteiger charge is -2.26. The van der Waals surface area contributed by atoms with Crippen LogP contribution in [0.25, 0.3) is 0 Å². The SMILES string of the molecule is COCC(C)NC(N)=NCC(C)N1CCc2ccccc21.I. The van der Waals surface area contributed by atoms with Crippen LogP contribution >= 0.6 is 24.0 Å². The second-order valence-corrected chi connectivity index (χ2v) is 5.65. The van der Waals surface area contributed by atoms with Crippen LogP contribution in [0.2, 0.25) is 0 Å². The van der Waals surface area contributed by atoms with E-state index in [2.05, 4.69) is 46.4 Å². The zero-order valence-corrected chi connectivity index (χ0v) is 15.9. The van der Waals surface area contributed by atoms with Gasteiger partial charge in [-0.05, 0) is 31.9 Å². The van der Waals surface area contributed by atoms with Gasteiger partial charge in [0.25, 0.3) is 0 Å². The van der Waals surface area contributed by atoms with Crippen LogP contribution in [-0.4, -0.2) is 44.8 Å². The molecule has 0 aliphatic carbocycles. The number of guanidine groups is 1. The Morgan fingerprint density at radius 3 is 2.86 bits per heavy atom. The summed E-state index contributed by atoms with van der Waals surface area (Å²) < 4.78 is 5.07. The molecule has 3 N–H and O–H groups in total. The highest BCUT2D eigenvalue weighted by atomic mass is 127. The van der Waals surface area contributed by atoms with Crippen LogP contribution < -0.4 is 16.0 Å². The molecule has 0 radical (unpaired) electrons. The van der Waals surface area contributed by atoms with Gasteiger partial charge in [0.1, 0.15) is 0 Å². The molecule has 1 aromatic carbocycles. The van der Waals surface area contributed by atoms with Crippen LogP contribution in [0.1, 0.15) is 19.4 Å². The van der Waals surface area contributed by atoms with E-state index in [1.807, 2.05) is 6.92 Å². The second-order valence-electron chi connectivity index (χ2n) is 5.65. The Kier molecular flexibility index (Phi) is 7.95. The summed E-state index contributed by atoms with van der Waals surface area (Å²) >= 11 is 0. The number of methoxy groups -OCH3 is 1. The van der Waals surface area contributed by atoms with Gasteiger partial charge < -0.3 is 20.7 Å². The molecule has 0 saturated heterocycles. The first-order valence-corrected chi connectivity index (χ1v) is 7.51. The number of halogens is 1. The fourth-order valence-corrected chi connectivity index (χ4v) is 2.74. The van der Waals surface area contributed by atoms with E-state index in [-0.39, 0.29) is 30.0 Å². The maximum absolute atomic E-state index is 5.91. The number of nitrogens with two attached hydrogens (primary N) is 1. The number of benzene rings is 1. The normalized spacial score (nSPS) is 16.7. The summed E-state index contributed by atoms with van der Waals surface area (Å²) in [5.74, 6) is 0.485.